The lowest BCUT2D eigenvalue weighted by atomic mass is 10.1. The number of benzene rings is 1. The predicted molar refractivity (Wildman–Crippen MR) is 107 cm³/mol. The van der Waals surface area contributed by atoms with Crippen molar-refractivity contribution in [1.29, 1.82) is 0 Å². The van der Waals surface area contributed by atoms with Gasteiger partial charge in [-0.25, -0.2) is 13.9 Å². The number of carboxylic acid groups (broad SMARTS) is 1. The first-order chi connectivity index (χ1) is 14.6. The van der Waals surface area contributed by atoms with Crippen molar-refractivity contribution in [1.82, 2.24) is 9.78 Å². The molecule has 9 heteroatoms. The molecule has 5 nitrogen and oxygen atoms in total. The summed E-state index contributed by atoms with van der Waals surface area (Å²) in [5, 5.41) is 11.8. The van der Waals surface area contributed by atoms with E-state index < -0.39 is 12.1 Å². The van der Waals surface area contributed by atoms with Crippen LogP contribution in [0, 0.1) is 18.7 Å². The highest BCUT2D eigenvalue weighted by Gasteiger charge is 2.38. The minimum Gasteiger partial charge on any atom is -0.475 e. The van der Waals surface area contributed by atoms with Crippen molar-refractivity contribution >= 4 is 5.97 Å². The third-order valence-electron chi connectivity index (χ3n) is 5.02. The SMILES string of the molecule is CCCc1cc(OCc2cc(C)ccc2F)n(CC2CCCC2)n1.O=C(O)C(F)(F)F. The Morgan fingerprint density at radius 2 is 1.90 bits per heavy atom. The highest BCUT2D eigenvalue weighted by atomic mass is 19.4. The zero-order valence-electron chi connectivity index (χ0n) is 17.7. The van der Waals surface area contributed by atoms with Gasteiger partial charge >= 0.3 is 12.1 Å². The van der Waals surface area contributed by atoms with Gasteiger partial charge in [-0.2, -0.15) is 18.3 Å². The summed E-state index contributed by atoms with van der Waals surface area (Å²) in [4.78, 5) is 8.90. The van der Waals surface area contributed by atoms with Crippen LogP contribution in [-0.2, 0) is 24.4 Å². The van der Waals surface area contributed by atoms with Crippen LogP contribution in [0.5, 0.6) is 5.88 Å². The third-order valence-corrected chi connectivity index (χ3v) is 5.02. The zero-order chi connectivity index (χ0) is 23.0. The molecule has 0 radical (unpaired) electrons. The van der Waals surface area contributed by atoms with Gasteiger partial charge in [-0.05, 0) is 44.2 Å². The van der Waals surface area contributed by atoms with Crippen LogP contribution in [0.25, 0.3) is 0 Å². The van der Waals surface area contributed by atoms with E-state index in [0.29, 0.717) is 11.5 Å². The molecule has 0 amide bonds. The maximum absolute atomic E-state index is 13.9. The van der Waals surface area contributed by atoms with Gasteiger partial charge in [0.25, 0.3) is 0 Å². The Bertz CT molecular complexity index is 859. The quantitative estimate of drug-likeness (QED) is 0.558. The first-order valence-corrected chi connectivity index (χ1v) is 10.3. The standard InChI is InChI=1S/C20H27FN2O.C2HF3O2/c1-3-6-18-12-20(23(22-18)13-16-7-4-5-8-16)24-14-17-11-15(2)9-10-19(17)21;3-2(4,5)1(6)7/h9-12,16H,3-8,13-14H2,1-2H3;(H,6,7). The Hall–Kier alpha value is -2.58. The van der Waals surface area contributed by atoms with Crippen LogP contribution in [-0.4, -0.2) is 27.0 Å². The zero-order valence-corrected chi connectivity index (χ0v) is 17.7. The molecule has 1 aromatic carbocycles. The van der Waals surface area contributed by atoms with Crippen molar-refractivity contribution in [3.63, 3.8) is 0 Å². The Morgan fingerprint density at radius 1 is 1.26 bits per heavy atom. The van der Waals surface area contributed by atoms with Gasteiger partial charge in [-0.15, -0.1) is 0 Å². The first kappa shape index (κ1) is 24.7. The van der Waals surface area contributed by atoms with E-state index in [1.807, 2.05) is 23.7 Å². The van der Waals surface area contributed by atoms with Gasteiger partial charge in [0.2, 0.25) is 5.88 Å². The predicted octanol–water partition coefficient (Wildman–Crippen LogP) is 5.69. The molecule has 1 aliphatic rings. The fourth-order valence-electron chi connectivity index (χ4n) is 3.48. The molecule has 1 saturated carbocycles. The Kier molecular flexibility index (Phi) is 8.88. The van der Waals surface area contributed by atoms with Crippen molar-refractivity contribution in [2.75, 3.05) is 0 Å². The summed E-state index contributed by atoms with van der Waals surface area (Å²) >= 11 is 0. The highest BCUT2D eigenvalue weighted by molar-refractivity contribution is 5.73. The van der Waals surface area contributed by atoms with Crippen molar-refractivity contribution in [3.05, 3.63) is 46.9 Å². The van der Waals surface area contributed by atoms with Crippen LogP contribution in [0.1, 0.15) is 55.8 Å². The van der Waals surface area contributed by atoms with E-state index in [1.54, 1.807) is 6.07 Å². The van der Waals surface area contributed by atoms with Crippen LogP contribution in [0.2, 0.25) is 0 Å². The summed E-state index contributed by atoms with van der Waals surface area (Å²) in [5.74, 6) is -1.51. The lowest BCUT2D eigenvalue weighted by molar-refractivity contribution is -0.192. The fraction of sp³-hybridized carbons (Fsp3) is 0.545. The van der Waals surface area contributed by atoms with Crippen LogP contribution >= 0.6 is 0 Å². The summed E-state index contributed by atoms with van der Waals surface area (Å²) in [6, 6.07) is 7.15. The number of aryl methyl sites for hydroxylation is 2. The van der Waals surface area contributed by atoms with E-state index in [-0.39, 0.29) is 12.4 Å². The smallest absolute Gasteiger partial charge is 0.475 e. The second-order valence-electron chi connectivity index (χ2n) is 7.74. The molecule has 31 heavy (non-hydrogen) atoms. The largest absolute Gasteiger partial charge is 0.490 e. The van der Waals surface area contributed by atoms with Crippen molar-refractivity contribution < 1.29 is 32.2 Å². The summed E-state index contributed by atoms with van der Waals surface area (Å²) in [6.07, 6.45) is 2.11. The lowest BCUT2D eigenvalue weighted by Gasteiger charge is -2.13. The molecule has 0 spiro atoms. The number of carboxylic acids is 1. The van der Waals surface area contributed by atoms with Gasteiger partial charge in [-0.3, -0.25) is 0 Å². The molecule has 1 N–H and O–H groups in total. The number of aliphatic carboxylic acids is 1. The second-order valence-corrected chi connectivity index (χ2v) is 7.74. The second kappa shape index (κ2) is 11.2. The molecular weight excluding hydrogens is 416 g/mol. The Labute approximate surface area is 179 Å². The molecule has 0 aliphatic heterocycles. The number of alkyl halides is 3. The number of halogens is 4. The number of hydrogen-bond acceptors (Lipinski definition) is 3. The van der Waals surface area contributed by atoms with Crippen molar-refractivity contribution in [2.45, 2.75) is 71.7 Å². The van der Waals surface area contributed by atoms with Gasteiger partial charge < -0.3 is 9.84 Å². The first-order valence-electron chi connectivity index (χ1n) is 10.3. The molecular formula is C22H28F4N2O3. The van der Waals surface area contributed by atoms with Gasteiger partial charge in [0.1, 0.15) is 12.4 Å². The number of ether oxygens (including phenoxy) is 1. The van der Waals surface area contributed by atoms with Crippen molar-refractivity contribution in [2.24, 2.45) is 5.92 Å². The molecule has 0 saturated heterocycles. The van der Waals surface area contributed by atoms with E-state index in [2.05, 4.69) is 6.92 Å². The number of aromatic nitrogens is 2. The van der Waals surface area contributed by atoms with E-state index in [4.69, 9.17) is 19.7 Å². The van der Waals surface area contributed by atoms with Crippen LogP contribution in [0.4, 0.5) is 17.6 Å². The summed E-state index contributed by atoms with van der Waals surface area (Å²) in [5.41, 5.74) is 2.71. The lowest BCUT2D eigenvalue weighted by Crippen LogP contribution is -2.21. The summed E-state index contributed by atoms with van der Waals surface area (Å²) in [7, 11) is 0. The Balaban J connectivity index is 0.000000423. The van der Waals surface area contributed by atoms with Gasteiger partial charge in [-0.1, -0.05) is 37.8 Å². The average Bonchev–Trinajstić information content (AvgIpc) is 3.33. The molecule has 1 aliphatic carbocycles. The monoisotopic (exact) mass is 444 g/mol. The molecule has 3 rings (SSSR count). The molecule has 0 bridgehead atoms. The minimum atomic E-state index is -5.08. The van der Waals surface area contributed by atoms with Gasteiger partial charge in [0.05, 0.1) is 5.69 Å². The summed E-state index contributed by atoms with van der Waals surface area (Å²) < 4.78 is 53.6. The minimum absolute atomic E-state index is 0.212. The molecule has 2 aromatic rings. The van der Waals surface area contributed by atoms with Crippen LogP contribution < -0.4 is 4.74 Å². The molecule has 1 fully saturated rings. The van der Waals surface area contributed by atoms with Crippen molar-refractivity contribution in [3.8, 4) is 5.88 Å². The van der Waals surface area contributed by atoms with Crippen LogP contribution in [0.15, 0.2) is 24.3 Å². The fourth-order valence-corrected chi connectivity index (χ4v) is 3.48. The number of rotatable bonds is 7. The Morgan fingerprint density at radius 3 is 2.48 bits per heavy atom. The van der Waals surface area contributed by atoms with E-state index in [1.165, 1.54) is 31.7 Å². The van der Waals surface area contributed by atoms with E-state index >= 15 is 0 Å². The molecule has 0 unspecified atom stereocenters. The maximum atomic E-state index is 13.9. The van der Waals surface area contributed by atoms with E-state index in [0.717, 1.165) is 36.5 Å². The molecule has 1 aromatic heterocycles. The summed E-state index contributed by atoms with van der Waals surface area (Å²) in [6.45, 7) is 5.27. The highest BCUT2D eigenvalue weighted by Crippen LogP contribution is 2.28. The normalized spacial score (nSPS) is 14.3. The molecule has 1 heterocycles. The maximum Gasteiger partial charge on any atom is 0.490 e. The molecule has 172 valence electrons. The average molecular weight is 444 g/mol. The van der Waals surface area contributed by atoms with Gasteiger partial charge in [0, 0.05) is 18.2 Å². The number of hydrogen-bond donors (Lipinski definition) is 1. The van der Waals surface area contributed by atoms with E-state index in [9.17, 15) is 17.6 Å². The molecule has 0 atom stereocenters. The topological polar surface area (TPSA) is 64.4 Å². The number of nitrogens with zero attached hydrogens (tertiary/aromatic N) is 2. The third kappa shape index (κ3) is 7.88. The number of carbonyl (C=O) groups is 1. The van der Waals surface area contributed by atoms with Crippen LogP contribution in [0.3, 0.4) is 0 Å². The van der Waals surface area contributed by atoms with Gasteiger partial charge in [0.15, 0.2) is 0 Å².